The molecule has 1 saturated heterocycles. The van der Waals surface area contributed by atoms with Crippen molar-refractivity contribution in [1.82, 2.24) is 4.90 Å². The summed E-state index contributed by atoms with van der Waals surface area (Å²) in [7, 11) is 1.64. The number of likely N-dealkylation sites (tertiary alicyclic amines) is 1. The van der Waals surface area contributed by atoms with E-state index in [1.165, 1.54) is 0 Å². The Hall–Kier alpha value is -0.830. The summed E-state index contributed by atoms with van der Waals surface area (Å²) in [6.07, 6.45) is 2.47. The third-order valence-electron chi connectivity index (χ3n) is 2.14. The second kappa shape index (κ2) is 4.26. The van der Waals surface area contributed by atoms with Gasteiger partial charge in [-0.2, -0.15) is 0 Å². The molecule has 12 heavy (non-hydrogen) atoms. The van der Waals surface area contributed by atoms with E-state index in [-0.39, 0.29) is 5.91 Å². The molecule has 0 bridgehead atoms. The van der Waals surface area contributed by atoms with Crippen molar-refractivity contribution in [2.75, 3.05) is 26.8 Å². The second-order valence-corrected chi connectivity index (χ2v) is 3.03. The first-order chi connectivity index (χ1) is 5.77. The summed E-state index contributed by atoms with van der Waals surface area (Å²) in [6, 6.07) is 0. The molecular weight excluding hydrogens is 154 g/mol. The van der Waals surface area contributed by atoms with Crippen LogP contribution < -0.4 is 0 Å². The third-order valence-corrected chi connectivity index (χ3v) is 2.14. The van der Waals surface area contributed by atoms with Gasteiger partial charge in [-0.05, 0) is 0 Å². The highest BCUT2D eigenvalue weighted by Gasteiger charge is 2.26. The minimum absolute atomic E-state index is 0.219. The van der Waals surface area contributed by atoms with Crippen molar-refractivity contribution >= 4 is 5.91 Å². The molecule has 0 saturated carbocycles. The standard InChI is InChI=1S/C9H15NO2/c1-3-8-6-9(11)10(7-8)4-5-12-2/h3,8H,1,4-7H2,2H3. The highest BCUT2D eigenvalue weighted by atomic mass is 16.5. The Balaban J connectivity index is 2.35. The van der Waals surface area contributed by atoms with E-state index in [1.54, 1.807) is 7.11 Å². The average molecular weight is 169 g/mol. The summed E-state index contributed by atoms with van der Waals surface area (Å²) in [6.45, 7) is 5.82. The summed E-state index contributed by atoms with van der Waals surface area (Å²) < 4.78 is 4.90. The van der Waals surface area contributed by atoms with Crippen LogP contribution in [0.15, 0.2) is 12.7 Å². The van der Waals surface area contributed by atoms with E-state index >= 15 is 0 Å². The van der Waals surface area contributed by atoms with Gasteiger partial charge in [0.1, 0.15) is 0 Å². The van der Waals surface area contributed by atoms with E-state index in [9.17, 15) is 4.79 Å². The molecule has 1 atom stereocenters. The van der Waals surface area contributed by atoms with E-state index in [0.717, 1.165) is 6.54 Å². The monoisotopic (exact) mass is 169 g/mol. The molecule has 0 N–H and O–H groups in total. The van der Waals surface area contributed by atoms with Crippen LogP contribution in [0.5, 0.6) is 0 Å². The molecule has 1 unspecified atom stereocenters. The van der Waals surface area contributed by atoms with Crippen LogP contribution in [0.25, 0.3) is 0 Å². The van der Waals surface area contributed by atoms with Crippen molar-refractivity contribution < 1.29 is 9.53 Å². The number of rotatable bonds is 4. The van der Waals surface area contributed by atoms with Crippen LogP contribution in [-0.4, -0.2) is 37.6 Å². The number of carbonyl (C=O) groups is 1. The predicted molar refractivity (Wildman–Crippen MR) is 46.8 cm³/mol. The van der Waals surface area contributed by atoms with E-state index < -0.39 is 0 Å². The first-order valence-corrected chi connectivity index (χ1v) is 4.17. The number of methoxy groups -OCH3 is 1. The minimum atomic E-state index is 0.219. The Morgan fingerprint density at radius 3 is 3.08 bits per heavy atom. The normalized spacial score (nSPS) is 23.2. The molecule has 3 nitrogen and oxygen atoms in total. The molecule has 0 aliphatic carbocycles. The molecule has 0 aromatic rings. The molecule has 1 rings (SSSR count). The van der Waals surface area contributed by atoms with Crippen LogP contribution in [0.4, 0.5) is 0 Å². The number of nitrogens with zero attached hydrogens (tertiary/aromatic N) is 1. The molecule has 1 fully saturated rings. The van der Waals surface area contributed by atoms with E-state index in [0.29, 0.717) is 25.5 Å². The van der Waals surface area contributed by atoms with Crippen LogP contribution in [0.3, 0.4) is 0 Å². The lowest BCUT2D eigenvalue weighted by molar-refractivity contribution is -0.128. The number of amides is 1. The molecule has 0 spiro atoms. The molecule has 0 aromatic heterocycles. The van der Waals surface area contributed by atoms with Gasteiger partial charge in [0, 0.05) is 32.5 Å². The molecule has 68 valence electrons. The maximum atomic E-state index is 11.3. The fraction of sp³-hybridized carbons (Fsp3) is 0.667. The molecule has 3 heteroatoms. The third kappa shape index (κ3) is 2.08. The van der Waals surface area contributed by atoms with Gasteiger partial charge in [-0.25, -0.2) is 0 Å². The molecule has 1 amide bonds. The Morgan fingerprint density at radius 1 is 1.83 bits per heavy atom. The largest absolute Gasteiger partial charge is 0.383 e. The maximum Gasteiger partial charge on any atom is 0.223 e. The molecule has 1 heterocycles. The van der Waals surface area contributed by atoms with Gasteiger partial charge in [-0.3, -0.25) is 4.79 Å². The van der Waals surface area contributed by atoms with Crippen molar-refractivity contribution in [2.45, 2.75) is 6.42 Å². The highest BCUT2D eigenvalue weighted by Crippen LogP contribution is 2.17. The lowest BCUT2D eigenvalue weighted by atomic mass is 10.1. The maximum absolute atomic E-state index is 11.3. The smallest absolute Gasteiger partial charge is 0.223 e. The lowest BCUT2D eigenvalue weighted by Crippen LogP contribution is -2.28. The van der Waals surface area contributed by atoms with Gasteiger partial charge < -0.3 is 9.64 Å². The predicted octanol–water partition coefficient (Wildman–Crippen LogP) is 0.667. The Bertz CT molecular complexity index is 179. The second-order valence-electron chi connectivity index (χ2n) is 3.03. The first-order valence-electron chi connectivity index (χ1n) is 4.17. The number of carbonyl (C=O) groups excluding carboxylic acids is 1. The molecule has 0 radical (unpaired) electrons. The van der Waals surface area contributed by atoms with Gasteiger partial charge in [0.15, 0.2) is 0 Å². The van der Waals surface area contributed by atoms with Crippen molar-refractivity contribution in [3.63, 3.8) is 0 Å². The quantitative estimate of drug-likeness (QED) is 0.579. The van der Waals surface area contributed by atoms with Crippen molar-refractivity contribution in [3.05, 3.63) is 12.7 Å². The van der Waals surface area contributed by atoms with Gasteiger partial charge in [-0.1, -0.05) is 6.08 Å². The Kier molecular flexibility index (Phi) is 3.29. The molecule has 1 aliphatic rings. The summed E-state index contributed by atoms with van der Waals surface area (Å²) in [5.41, 5.74) is 0. The lowest BCUT2D eigenvalue weighted by Gasteiger charge is -2.14. The summed E-state index contributed by atoms with van der Waals surface area (Å²) in [4.78, 5) is 13.1. The minimum Gasteiger partial charge on any atom is -0.383 e. The SMILES string of the molecule is C=CC1CC(=O)N(CCOC)C1. The Labute approximate surface area is 73.0 Å². The van der Waals surface area contributed by atoms with Crippen molar-refractivity contribution in [2.24, 2.45) is 5.92 Å². The fourth-order valence-electron chi connectivity index (χ4n) is 1.38. The first kappa shape index (κ1) is 9.26. The van der Waals surface area contributed by atoms with Crippen molar-refractivity contribution in [1.29, 1.82) is 0 Å². The fourth-order valence-corrected chi connectivity index (χ4v) is 1.38. The van der Waals surface area contributed by atoms with Gasteiger partial charge in [-0.15, -0.1) is 6.58 Å². The summed E-state index contributed by atoms with van der Waals surface area (Å²) in [5, 5.41) is 0. The molecule has 1 aliphatic heterocycles. The Morgan fingerprint density at radius 2 is 2.58 bits per heavy atom. The number of hydrogen-bond acceptors (Lipinski definition) is 2. The van der Waals surface area contributed by atoms with Gasteiger partial charge in [0.05, 0.1) is 6.61 Å². The summed E-state index contributed by atoms with van der Waals surface area (Å²) >= 11 is 0. The highest BCUT2D eigenvalue weighted by molar-refractivity contribution is 5.78. The molecular formula is C9H15NO2. The van der Waals surface area contributed by atoms with Gasteiger partial charge in [0.2, 0.25) is 5.91 Å². The zero-order valence-corrected chi connectivity index (χ0v) is 7.45. The van der Waals surface area contributed by atoms with Crippen LogP contribution >= 0.6 is 0 Å². The zero-order chi connectivity index (χ0) is 8.97. The average Bonchev–Trinajstić information content (AvgIpc) is 2.43. The van der Waals surface area contributed by atoms with Gasteiger partial charge in [0.25, 0.3) is 0 Å². The van der Waals surface area contributed by atoms with E-state index in [2.05, 4.69) is 6.58 Å². The van der Waals surface area contributed by atoms with Crippen molar-refractivity contribution in [3.8, 4) is 0 Å². The van der Waals surface area contributed by atoms with E-state index in [4.69, 9.17) is 4.74 Å². The van der Waals surface area contributed by atoms with Crippen LogP contribution in [0.2, 0.25) is 0 Å². The van der Waals surface area contributed by atoms with Crippen LogP contribution in [-0.2, 0) is 9.53 Å². The van der Waals surface area contributed by atoms with Crippen LogP contribution in [0.1, 0.15) is 6.42 Å². The number of hydrogen-bond donors (Lipinski definition) is 0. The van der Waals surface area contributed by atoms with E-state index in [1.807, 2.05) is 11.0 Å². The zero-order valence-electron chi connectivity index (χ0n) is 7.45. The van der Waals surface area contributed by atoms with Crippen LogP contribution in [0, 0.1) is 5.92 Å². The molecule has 0 aromatic carbocycles. The topological polar surface area (TPSA) is 29.5 Å². The number of ether oxygens (including phenoxy) is 1. The summed E-state index contributed by atoms with van der Waals surface area (Å²) in [5.74, 6) is 0.561. The van der Waals surface area contributed by atoms with Gasteiger partial charge >= 0.3 is 0 Å².